The van der Waals surface area contributed by atoms with Crippen molar-refractivity contribution < 1.29 is 9.72 Å². The molecule has 110 valence electrons. The predicted molar refractivity (Wildman–Crippen MR) is 81.1 cm³/mol. The number of nitro groups is 1. The lowest BCUT2D eigenvalue weighted by molar-refractivity contribution is -0.385. The third-order valence-electron chi connectivity index (χ3n) is 2.96. The van der Waals surface area contributed by atoms with Crippen molar-refractivity contribution in [3.05, 3.63) is 52.6 Å². The molecule has 1 aromatic carbocycles. The molecule has 0 spiro atoms. The first-order valence-corrected chi connectivity index (χ1v) is 7.43. The van der Waals surface area contributed by atoms with Crippen LogP contribution in [-0.4, -0.2) is 26.6 Å². The number of benzene rings is 1. The molecule has 6 nitrogen and oxygen atoms in total. The van der Waals surface area contributed by atoms with Gasteiger partial charge in [-0.25, -0.2) is 4.98 Å². The Kier molecular flexibility index (Phi) is 5.10. The number of non-ortho nitro benzene ring substituents is 1. The normalized spacial score (nSPS) is 12.0. The molecule has 0 aliphatic carbocycles. The summed E-state index contributed by atoms with van der Waals surface area (Å²) in [6, 6.07) is 6.60. The molecule has 1 unspecified atom stereocenters. The molecule has 0 bridgehead atoms. The topological polar surface area (TPSA) is 78.0 Å². The van der Waals surface area contributed by atoms with Gasteiger partial charge in [-0.1, -0.05) is 13.0 Å². The number of aromatic nitrogens is 2. The summed E-state index contributed by atoms with van der Waals surface area (Å²) < 4.78 is 1.47. The molecule has 1 atom stereocenters. The van der Waals surface area contributed by atoms with Crippen molar-refractivity contribution in [1.29, 1.82) is 0 Å². The molecule has 0 saturated carbocycles. The molecule has 7 heteroatoms. The summed E-state index contributed by atoms with van der Waals surface area (Å²) in [5.41, 5.74) is 0.101. The summed E-state index contributed by atoms with van der Waals surface area (Å²) in [4.78, 5) is 26.2. The van der Waals surface area contributed by atoms with Gasteiger partial charge in [-0.15, -0.1) is 11.8 Å². The van der Waals surface area contributed by atoms with E-state index in [2.05, 4.69) is 11.9 Å². The van der Waals surface area contributed by atoms with Crippen LogP contribution in [0.5, 0.6) is 0 Å². The number of hydrogen-bond donors (Lipinski definition) is 0. The van der Waals surface area contributed by atoms with Crippen LogP contribution >= 0.6 is 11.8 Å². The third-order valence-corrected chi connectivity index (χ3v) is 4.28. The second-order valence-electron chi connectivity index (χ2n) is 4.73. The summed E-state index contributed by atoms with van der Waals surface area (Å²) in [5, 5.41) is 10.7. The lowest BCUT2D eigenvalue weighted by atomic mass is 10.1. The number of imidazole rings is 1. The number of hydrogen-bond acceptors (Lipinski definition) is 5. The first kappa shape index (κ1) is 15.2. The number of nitro benzene ring substituents is 1. The Bertz CT molecular complexity index is 642. The lowest BCUT2D eigenvalue weighted by Gasteiger charge is -2.10. The molecule has 0 N–H and O–H groups in total. The molecule has 1 heterocycles. The zero-order chi connectivity index (χ0) is 15.2. The van der Waals surface area contributed by atoms with Gasteiger partial charge in [0.05, 0.1) is 4.92 Å². The van der Waals surface area contributed by atoms with E-state index in [9.17, 15) is 14.9 Å². The van der Waals surface area contributed by atoms with Crippen LogP contribution in [0.4, 0.5) is 5.69 Å². The molecule has 0 aliphatic rings. The van der Waals surface area contributed by atoms with Crippen LogP contribution in [-0.2, 0) is 11.2 Å². The zero-order valence-corrected chi connectivity index (χ0v) is 12.3. The van der Waals surface area contributed by atoms with E-state index in [4.69, 9.17) is 0 Å². The largest absolute Gasteiger partial charge is 0.278 e. The highest BCUT2D eigenvalue weighted by atomic mass is 32.2. The van der Waals surface area contributed by atoms with Crippen molar-refractivity contribution in [2.45, 2.75) is 18.2 Å². The fraction of sp³-hybridized carbons (Fsp3) is 0.286. The van der Waals surface area contributed by atoms with Crippen LogP contribution in [0.3, 0.4) is 0 Å². The third kappa shape index (κ3) is 4.16. The molecule has 0 aliphatic heterocycles. The molecule has 0 fully saturated rings. The predicted octanol–water partition coefficient (Wildman–Crippen LogP) is 2.80. The molecule has 0 amide bonds. The van der Waals surface area contributed by atoms with Gasteiger partial charge in [0.15, 0.2) is 0 Å². The molecule has 0 radical (unpaired) electrons. The number of rotatable bonds is 7. The SMILES string of the molecule is CC(CSc1cccc([N+](=O)[O-])c1)Cc1nccn1C=O. The second kappa shape index (κ2) is 7.03. The van der Waals surface area contributed by atoms with Gasteiger partial charge in [0.25, 0.3) is 5.69 Å². The van der Waals surface area contributed by atoms with Crippen LogP contribution in [0.1, 0.15) is 12.7 Å². The van der Waals surface area contributed by atoms with Crippen molar-refractivity contribution in [3.8, 4) is 0 Å². The highest BCUT2D eigenvalue weighted by Gasteiger charge is 2.11. The minimum Gasteiger partial charge on any atom is -0.278 e. The van der Waals surface area contributed by atoms with E-state index in [0.717, 1.165) is 22.9 Å². The van der Waals surface area contributed by atoms with Gasteiger partial charge in [-0.2, -0.15) is 0 Å². The molecule has 0 saturated heterocycles. The Morgan fingerprint density at radius 1 is 1.52 bits per heavy atom. The Labute approximate surface area is 126 Å². The van der Waals surface area contributed by atoms with Crippen molar-refractivity contribution >= 4 is 23.9 Å². The van der Waals surface area contributed by atoms with Crippen LogP contribution in [0, 0.1) is 16.0 Å². The van der Waals surface area contributed by atoms with Gasteiger partial charge in [0, 0.05) is 41.6 Å². The molecular weight excluding hydrogens is 290 g/mol. The maximum absolute atomic E-state index is 10.8. The average Bonchev–Trinajstić information content (AvgIpc) is 2.92. The van der Waals surface area contributed by atoms with Gasteiger partial charge >= 0.3 is 0 Å². The minimum absolute atomic E-state index is 0.101. The molecule has 1 aromatic heterocycles. The fourth-order valence-corrected chi connectivity index (χ4v) is 2.87. The van der Waals surface area contributed by atoms with Gasteiger partial charge in [0.2, 0.25) is 6.41 Å². The van der Waals surface area contributed by atoms with Gasteiger partial charge in [-0.05, 0) is 12.0 Å². The molecule has 2 rings (SSSR count). The first-order chi connectivity index (χ1) is 10.1. The van der Waals surface area contributed by atoms with E-state index >= 15 is 0 Å². The number of carbonyl (C=O) groups is 1. The molecule has 2 aromatic rings. The Hall–Kier alpha value is -2.15. The van der Waals surface area contributed by atoms with Crippen molar-refractivity contribution in [2.24, 2.45) is 5.92 Å². The maximum Gasteiger partial charge on any atom is 0.270 e. The average molecular weight is 305 g/mol. The van der Waals surface area contributed by atoms with Crippen LogP contribution in [0.25, 0.3) is 0 Å². The van der Waals surface area contributed by atoms with E-state index < -0.39 is 4.92 Å². The standard InChI is InChI=1S/C14H15N3O3S/c1-11(7-14-15-5-6-16(14)10-18)9-21-13-4-2-3-12(8-13)17(19)20/h2-6,8,10-11H,7,9H2,1H3. The maximum atomic E-state index is 10.8. The Morgan fingerprint density at radius 3 is 3.05 bits per heavy atom. The number of thioether (sulfide) groups is 1. The summed E-state index contributed by atoms with van der Waals surface area (Å²) in [6.45, 7) is 2.06. The van der Waals surface area contributed by atoms with Gasteiger partial charge < -0.3 is 0 Å². The Balaban J connectivity index is 1.92. The monoisotopic (exact) mass is 305 g/mol. The fourth-order valence-electron chi connectivity index (χ4n) is 1.89. The number of carbonyl (C=O) groups excluding carboxylic acids is 1. The van der Waals surface area contributed by atoms with E-state index in [-0.39, 0.29) is 5.69 Å². The van der Waals surface area contributed by atoms with Gasteiger partial charge in [0.1, 0.15) is 5.82 Å². The minimum atomic E-state index is -0.394. The molecule has 21 heavy (non-hydrogen) atoms. The van der Waals surface area contributed by atoms with Gasteiger partial charge in [-0.3, -0.25) is 19.5 Å². The van der Waals surface area contributed by atoms with Crippen LogP contribution in [0.15, 0.2) is 41.6 Å². The zero-order valence-electron chi connectivity index (χ0n) is 11.5. The second-order valence-corrected chi connectivity index (χ2v) is 5.82. The summed E-state index contributed by atoms with van der Waals surface area (Å²) in [6.07, 6.45) is 4.66. The lowest BCUT2D eigenvalue weighted by Crippen LogP contribution is -2.09. The van der Waals surface area contributed by atoms with Crippen LogP contribution in [0.2, 0.25) is 0 Å². The Morgan fingerprint density at radius 2 is 2.33 bits per heavy atom. The van der Waals surface area contributed by atoms with Crippen molar-refractivity contribution in [2.75, 3.05) is 5.75 Å². The smallest absolute Gasteiger partial charge is 0.270 e. The molecular formula is C14H15N3O3S. The van der Waals surface area contributed by atoms with Crippen molar-refractivity contribution in [3.63, 3.8) is 0 Å². The number of nitrogens with zero attached hydrogens (tertiary/aromatic N) is 3. The highest BCUT2D eigenvalue weighted by molar-refractivity contribution is 7.99. The summed E-state index contributed by atoms with van der Waals surface area (Å²) in [5.74, 6) is 1.83. The summed E-state index contributed by atoms with van der Waals surface area (Å²) in [7, 11) is 0. The van der Waals surface area contributed by atoms with E-state index in [1.54, 1.807) is 36.3 Å². The quantitative estimate of drug-likeness (QED) is 0.340. The van der Waals surface area contributed by atoms with E-state index in [1.807, 2.05) is 6.07 Å². The van der Waals surface area contributed by atoms with E-state index in [1.165, 1.54) is 10.6 Å². The first-order valence-electron chi connectivity index (χ1n) is 6.44. The summed E-state index contributed by atoms with van der Waals surface area (Å²) >= 11 is 1.57. The van der Waals surface area contributed by atoms with Crippen LogP contribution < -0.4 is 0 Å². The highest BCUT2D eigenvalue weighted by Crippen LogP contribution is 2.25. The van der Waals surface area contributed by atoms with Crippen molar-refractivity contribution in [1.82, 2.24) is 9.55 Å². The van der Waals surface area contributed by atoms with E-state index in [0.29, 0.717) is 12.3 Å².